The summed E-state index contributed by atoms with van der Waals surface area (Å²) in [5.74, 6) is 0.130. The van der Waals surface area contributed by atoms with Crippen molar-refractivity contribution in [2.24, 2.45) is 23.7 Å². The van der Waals surface area contributed by atoms with Gasteiger partial charge in [-0.25, -0.2) is 0 Å². The fourth-order valence-corrected chi connectivity index (χ4v) is 3.28. The second-order valence-electron chi connectivity index (χ2n) is 4.55. The molecular formula is C11H13NO3. The maximum absolute atomic E-state index is 11.9. The van der Waals surface area contributed by atoms with Crippen LogP contribution >= 0.6 is 0 Å². The summed E-state index contributed by atoms with van der Waals surface area (Å²) in [6.07, 6.45) is 5.10. The maximum atomic E-state index is 11.9. The Kier molecular flexibility index (Phi) is 1.77. The molecule has 4 atom stereocenters. The average molecular weight is 207 g/mol. The fourth-order valence-electron chi connectivity index (χ4n) is 3.28. The second kappa shape index (κ2) is 2.92. The van der Waals surface area contributed by atoms with Crippen molar-refractivity contribution in [3.63, 3.8) is 0 Å². The fraction of sp³-hybridized carbons (Fsp3) is 0.636. The van der Waals surface area contributed by atoms with Gasteiger partial charge in [0.15, 0.2) is 0 Å². The Hall–Kier alpha value is -1.16. The van der Waals surface area contributed by atoms with E-state index in [0.29, 0.717) is 0 Å². The van der Waals surface area contributed by atoms with Crippen molar-refractivity contribution in [2.45, 2.75) is 6.42 Å². The second-order valence-corrected chi connectivity index (χ2v) is 4.55. The van der Waals surface area contributed by atoms with Crippen molar-refractivity contribution in [3.05, 3.63) is 12.2 Å². The van der Waals surface area contributed by atoms with Gasteiger partial charge in [0.25, 0.3) is 0 Å². The third-order valence-corrected chi connectivity index (χ3v) is 3.89. The Bertz CT molecular complexity index is 333. The summed E-state index contributed by atoms with van der Waals surface area (Å²) in [7, 11) is 0. The molecule has 1 heterocycles. The number of fused-ring (bicyclic) bond motifs is 5. The molecule has 2 amide bonds. The van der Waals surface area contributed by atoms with Crippen molar-refractivity contribution in [2.75, 3.05) is 13.2 Å². The Morgan fingerprint density at radius 3 is 2.20 bits per heavy atom. The van der Waals surface area contributed by atoms with Crippen LogP contribution in [0.4, 0.5) is 0 Å². The number of imide groups is 1. The van der Waals surface area contributed by atoms with Crippen LogP contribution in [0.1, 0.15) is 6.42 Å². The zero-order chi connectivity index (χ0) is 10.6. The van der Waals surface area contributed by atoms with Crippen molar-refractivity contribution < 1.29 is 14.7 Å². The Labute approximate surface area is 87.6 Å². The van der Waals surface area contributed by atoms with E-state index in [1.165, 1.54) is 4.90 Å². The smallest absolute Gasteiger partial charge is 0.233 e. The molecule has 1 aliphatic heterocycles. The molecule has 3 aliphatic rings. The van der Waals surface area contributed by atoms with Gasteiger partial charge < -0.3 is 5.11 Å². The summed E-state index contributed by atoms with van der Waals surface area (Å²) in [5, 5.41) is 8.81. The first kappa shape index (κ1) is 9.09. The summed E-state index contributed by atoms with van der Waals surface area (Å²) in [6, 6.07) is 0. The van der Waals surface area contributed by atoms with Crippen molar-refractivity contribution in [1.82, 2.24) is 4.90 Å². The van der Waals surface area contributed by atoms with Crippen LogP contribution in [0.5, 0.6) is 0 Å². The molecule has 80 valence electrons. The van der Waals surface area contributed by atoms with E-state index in [1.54, 1.807) is 0 Å². The first-order chi connectivity index (χ1) is 7.24. The number of hydrogen-bond acceptors (Lipinski definition) is 3. The van der Waals surface area contributed by atoms with Crippen molar-refractivity contribution in [3.8, 4) is 0 Å². The third kappa shape index (κ3) is 1.00. The summed E-state index contributed by atoms with van der Waals surface area (Å²) in [5.41, 5.74) is 0. The van der Waals surface area contributed by atoms with Crippen LogP contribution in [0.3, 0.4) is 0 Å². The lowest BCUT2D eigenvalue weighted by Gasteiger charge is -2.15. The normalized spacial score (nSPS) is 41.8. The number of aliphatic hydroxyl groups is 1. The molecule has 15 heavy (non-hydrogen) atoms. The van der Waals surface area contributed by atoms with Gasteiger partial charge >= 0.3 is 0 Å². The molecule has 0 unspecified atom stereocenters. The Morgan fingerprint density at radius 2 is 1.73 bits per heavy atom. The summed E-state index contributed by atoms with van der Waals surface area (Å²) >= 11 is 0. The Morgan fingerprint density at radius 1 is 1.20 bits per heavy atom. The molecule has 1 saturated carbocycles. The first-order valence-corrected chi connectivity index (χ1v) is 5.38. The number of aliphatic hydroxyl groups excluding tert-OH is 1. The molecule has 4 nitrogen and oxygen atoms in total. The molecule has 0 spiro atoms. The number of hydrogen-bond donors (Lipinski definition) is 1. The molecule has 2 aliphatic carbocycles. The van der Waals surface area contributed by atoms with Crippen LogP contribution in [-0.4, -0.2) is 35.0 Å². The average Bonchev–Trinajstić information content (AvgIpc) is 2.87. The number of β-amino-alcohol motifs (C(OH)–C–C–N with tert-alkyl or cyclic N) is 1. The molecule has 1 saturated heterocycles. The number of likely N-dealkylation sites (tertiary alicyclic amines) is 1. The molecular weight excluding hydrogens is 194 g/mol. The molecule has 1 N–H and O–H groups in total. The molecule has 4 heteroatoms. The predicted octanol–water partition coefficient (Wildman–Crippen LogP) is -0.214. The third-order valence-electron chi connectivity index (χ3n) is 3.89. The SMILES string of the molecule is O=C1[C@@H]2[C@H](C(=O)N1CCO)[C@H]1C=C[C@@H]2C1. The highest BCUT2D eigenvalue weighted by Crippen LogP contribution is 2.52. The van der Waals surface area contributed by atoms with Gasteiger partial charge in [-0.15, -0.1) is 0 Å². The Balaban J connectivity index is 1.93. The standard InChI is InChI=1S/C11H13NO3/c13-4-3-12-10(14)8-6-1-2-7(5-6)9(8)11(12)15/h1-2,6-9,13H,3-5H2/t6-,7+,8+,9-. The monoisotopic (exact) mass is 207 g/mol. The predicted molar refractivity (Wildman–Crippen MR) is 51.5 cm³/mol. The van der Waals surface area contributed by atoms with Crippen LogP contribution in [0.2, 0.25) is 0 Å². The molecule has 0 aromatic carbocycles. The quantitative estimate of drug-likeness (QED) is 0.503. The van der Waals surface area contributed by atoms with Crippen LogP contribution in [-0.2, 0) is 9.59 Å². The van der Waals surface area contributed by atoms with Crippen molar-refractivity contribution in [1.29, 1.82) is 0 Å². The van der Waals surface area contributed by atoms with Crippen LogP contribution in [0.25, 0.3) is 0 Å². The number of rotatable bonds is 2. The van der Waals surface area contributed by atoms with E-state index in [2.05, 4.69) is 12.2 Å². The van der Waals surface area contributed by atoms with Gasteiger partial charge in [-0.2, -0.15) is 0 Å². The number of amides is 2. The lowest BCUT2D eigenvalue weighted by atomic mass is 9.85. The molecule has 2 bridgehead atoms. The molecule has 2 fully saturated rings. The number of allylic oxidation sites excluding steroid dienone is 2. The van der Waals surface area contributed by atoms with E-state index in [-0.39, 0.29) is 48.6 Å². The molecule has 0 radical (unpaired) electrons. The highest BCUT2D eigenvalue weighted by atomic mass is 16.3. The minimum atomic E-state index is -0.139. The van der Waals surface area contributed by atoms with Gasteiger partial charge in [-0.3, -0.25) is 14.5 Å². The van der Waals surface area contributed by atoms with E-state index < -0.39 is 0 Å². The molecule has 0 aromatic rings. The lowest BCUT2D eigenvalue weighted by molar-refractivity contribution is -0.141. The van der Waals surface area contributed by atoms with E-state index in [4.69, 9.17) is 5.11 Å². The van der Waals surface area contributed by atoms with Crippen molar-refractivity contribution >= 4 is 11.8 Å². The summed E-state index contributed by atoms with van der Waals surface area (Å²) in [4.78, 5) is 25.1. The number of nitrogens with zero attached hydrogens (tertiary/aromatic N) is 1. The lowest BCUT2D eigenvalue weighted by Crippen LogP contribution is -2.35. The van der Waals surface area contributed by atoms with Gasteiger partial charge in [-0.05, 0) is 18.3 Å². The van der Waals surface area contributed by atoms with Gasteiger partial charge in [0.2, 0.25) is 11.8 Å². The summed E-state index contributed by atoms with van der Waals surface area (Å²) in [6.45, 7) is 0.0176. The zero-order valence-corrected chi connectivity index (χ0v) is 8.30. The topological polar surface area (TPSA) is 57.6 Å². The first-order valence-electron chi connectivity index (χ1n) is 5.38. The highest BCUT2D eigenvalue weighted by molar-refractivity contribution is 6.06. The minimum Gasteiger partial charge on any atom is -0.395 e. The van der Waals surface area contributed by atoms with Gasteiger partial charge in [0, 0.05) is 0 Å². The molecule has 3 rings (SSSR count). The van der Waals surface area contributed by atoms with E-state index >= 15 is 0 Å². The van der Waals surface area contributed by atoms with Gasteiger partial charge in [0.1, 0.15) is 0 Å². The summed E-state index contributed by atoms with van der Waals surface area (Å²) < 4.78 is 0. The number of carbonyl (C=O) groups is 2. The van der Waals surface area contributed by atoms with E-state index in [1.807, 2.05) is 0 Å². The van der Waals surface area contributed by atoms with Crippen LogP contribution in [0.15, 0.2) is 12.2 Å². The van der Waals surface area contributed by atoms with Crippen LogP contribution < -0.4 is 0 Å². The molecule has 0 aromatic heterocycles. The van der Waals surface area contributed by atoms with Crippen LogP contribution in [0, 0.1) is 23.7 Å². The maximum Gasteiger partial charge on any atom is 0.233 e. The van der Waals surface area contributed by atoms with E-state index in [0.717, 1.165) is 6.42 Å². The largest absolute Gasteiger partial charge is 0.395 e. The number of carbonyl (C=O) groups excluding carboxylic acids is 2. The van der Waals surface area contributed by atoms with Gasteiger partial charge in [0.05, 0.1) is 25.0 Å². The van der Waals surface area contributed by atoms with E-state index in [9.17, 15) is 9.59 Å². The van der Waals surface area contributed by atoms with Gasteiger partial charge in [-0.1, -0.05) is 12.2 Å². The minimum absolute atomic E-state index is 0.0732. The highest BCUT2D eigenvalue weighted by Gasteiger charge is 2.58. The zero-order valence-electron chi connectivity index (χ0n) is 8.30.